The summed E-state index contributed by atoms with van der Waals surface area (Å²) in [6, 6.07) is 4.29. The fraction of sp³-hybridized carbons (Fsp3) is 0.400. The molecule has 0 aliphatic rings. The van der Waals surface area contributed by atoms with Crippen LogP contribution in [0.2, 0.25) is 0 Å². The SMILES string of the molecule is Cc1ccc(CNCc2ncn(C)n2)s1. The summed E-state index contributed by atoms with van der Waals surface area (Å²) in [7, 11) is 1.87. The molecular formula is C10H14N4S. The van der Waals surface area contributed by atoms with Crippen molar-refractivity contribution in [3.05, 3.63) is 34.0 Å². The summed E-state index contributed by atoms with van der Waals surface area (Å²) < 4.78 is 1.71. The smallest absolute Gasteiger partial charge is 0.164 e. The molecule has 80 valence electrons. The Morgan fingerprint density at radius 1 is 1.40 bits per heavy atom. The average molecular weight is 222 g/mol. The highest BCUT2D eigenvalue weighted by Gasteiger charge is 1.99. The molecule has 2 heterocycles. The predicted octanol–water partition coefficient (Wildman–Crippen LogP) is 1.47. The number of nitrogens with one attached hydrogen (secondary N) is 1. The van der Waals surface area contributed by atoms with Gasteiger partial charge >= 0.3 is 0 Å². The van der Waals surface area contributed by atoms with Gasteiger partial charge in [0.25, 0.3) is 0 Å². The standard InChI is InChI=1S/C10H14N4S/c1-8-3-4-9(15-8)5-11-6-10-12-7-14(2)13-10/h3-4,7,11H,5-6H2,1-2H3. The number of rotatable bonds is 4. The van der Waals surface area contributed by atoms with Crippen molar-refractivity contribution in [3.63, 3.8) is 0 Å². The molecule has 0 fully saturated rings. The normalized spacial score (nSPS) is 10.8. The van der Waals surface area contributed by atoms with E-state index in [1.165, 1.54) is 9.75 Å². The van der Waals surface area contributed by atoms with Gasteiger partial charge in [0.2, 0.25) is 0 Å². The number of thiophene rings is 1. The maximum atomic E-state index is 4.19. The first-order chi connectivity index (χ1) is 7.24. The summed E-state index contributed by atoms with van der Waals surface area (Å²) in [6.45, 7) is 3.73. The lowest BCUT2D eigenvalue weighted by Crippen LogP contribution is -2.13. The van der Waals surface area contributed by atoms with Gasteiger partial charge < -0.3 is 5.32 Å². The van der Waals surface area contributed by atoms with Gasteiger partial charge in [0.15, 0.2) is 5.82 Å². The lowest BCUT2D eigenvalue weighted by molar-refractivity contribution is 0.654. The zero-order valence-electron chi connectivity index (χ0n) is 8.90. The third-order valence-electron chi connectivity index (χ3n) is 2.03. The molecule has 0 aliphatic carbocycles. The summed E-state index contributed by atoms with van der Waals surface area (Å²) >= 11 is 1.82. The van der Waals surface area contributed by atoms with Crippen molar-refractivity contribution in [3.8, 4) is 0 Å². The van der Waals surface area contributed by atoms with Gasteiger partial charge in [-0.25, -0.2) is 4.98 Å². The fourth-order valence-electron chi connectivity index (χ4n) is 1.34. The van der Waals surface area contributed by atoms with Gasteiger partial charge in [-0.3, -0.25) is 4.68 Å². The number of aryl methyl sites for hydroxylation is 2. The Hall–Kier alpha value is -1.20. The monoisotopic (exact) mass is 222 g/mol. The van der Waals surface area contributed by atoms with E-state index in [9.17, 15) is 0 Å². The molecule has 1 N–H and O–H groups in total. The third-order valence-corrected chi connectivity index (χ3v) is 3.03. The molecule has 0 spiro atoms. The van der Waals surface area contributed by atoms with Crippen molar-refractivity contribution in [1.82, 2.24) is 20.1 Å². The molecule has 0 radical (unpaired) electrons. The van der Waals surface area contributed by atoms with Crippen molar-refractivity contribution in [1.29, 1.82) is 0 Å². The van der Waals surface area contributed by atoms with E-state index in [0.717, 1.165) is 18.9 Å². The molecule has 0 aliphatic heterocycles. The van der Waals surface area contributed by atoms with Crippen LogP contribution in [0.1, 0.15) is 15.6 Å². The summed E-state index contributed by atoms with van der Waals surface area (Å²) in [5.74, 6) is 0.839. The van der Waals surface area contributed by atoms with Crippen LogP contribution in [0.3, 0.4) is 0 Å². The molecule has 0 saturated carbocycles. The zero-order valence-corrected chi connectivity index (χ0v) is 9.71. The topological polar surface area (TPSA) is 42.7 Å². The van der Waals surface area contributed by atoms with E-state index < -0.39 is 0 Å². The van der Waals surface area contributed by atoms with E-state index >= 15 is 0 Å². The fourth-order valence-corrected chi connectivity index (χ4v) is 2.20. The molecule has 5 heteroatoms. The highest BCUT2D eigenvalue weighted by molar-refractivity contribution is 7.11. The first-order valence-electron chi connectivity index (χ1n) is 4.84. The minimum Gasteiger partial charge on any atom is -0.305 e. The van der Waals surface area contributed by atoms with Crippen LogP contribution < -0.4 is 5.32 Å². The Balaban J connectivity index is 1.80. The largest absolute Gasteiger partial charge is 0.305 e. The molecule has 2 aromatic rings. The molecule has 0 saturated heterocycles. The van der Waals surface area contributed by atoms with Crippen molar-refractivity contribution >= 4 is 11.3 Å². The Morgan fingerprint density at radius 2 is 2.27 bits per heavy atom. The Morgan fingerprint density at radius 3 is 2.87 bits per heavy atom. The van der Waals surface area contributed by atoms with Crippen molar-refractivity contribution in [2.45, 2.75) is 20.0 Å². The second-order valence-electron chi connectivity index (χ2n) is 3.45. The number of hydrogen-bond donors (Lipinski definition) is 1. The Labute approximate surface area is 93.0 Å². The lowest BCUT2D eigenvalue weighted by atomic mass is 10.4. The highest BCUT2D eigenvalue weighted by Crippen LogP contribution is 2.14. The van der Waals surface area contributed by atoms with Gasteiger partial charge in [0, 0.05) is 23.3 Å². The first-order valence-corrected chi connectivity index (χ1v) is 5.66. The lowest BCUT2D eigenvalue weighted by Gasteiger charge is -1.98. The van der Waals surface area contributed by atoms with Crippen LogP contribution in [0, 0.1) is 6.92 Å². The Bertz CT molecular complexity index is 392. The van der Waals surface area contributed by atoms with Crippen LogP contribution in [0.5, 0.6) is 0 Å². The van der Waals surface area contributed by atoms with Crippen molar-refractivity contribution < 1.29 is 0 Å². The highest BCUT2D eigenvalue weighted by atomic mass is 32.1. The zero-order chi connectivity index (χ0) is 10.7. The number of hydrogen-bond acceptors (Lipinski definition) is 4. The van der Waals surface area contributed by atoms with Crippen LogP contribution in [-0.4, -0.2) is 14.8 Å². The predicted molar refractivity (Wildman–Crippen MR) is 60.6 cm³/mol. The number of nitrogens with zero attached hydrogens (tertiary/aromatic N) is 3. The van der Waals surface area contributed by atoms with Crippen LogP contribution >= 0.6 is 11.3 Å². The summed E-state index contributed by atoms with van der Waals surface area (Å²) in [5, 5.41) is 7.51. The van der Waals surface area contributed by atoms with Gasteiger partial charge in [-0.15, -0.1) is 11.3 Å². The molecule has 2 aromatic heterocycles. The van der Waals surface area contributed by atoms with Crippen LogP contribution in [-0.2, 0) is 20.1 Å². The average Bonchev–Trinajstić information content (AvgIpc) is 2.76. The summed E-state index contributed by atoms with van der Waals surface area (Å²) in [6.07, 6.45) is 1.71. The molecule has 0 unspecified atom stereocenters. The quantitative estimate of drug-likeness (QED) is 0.852. The first kappa shape index (κ1) is 10.3. The second kappa shape index (κ2) is 4.55. The summed E-state index contributed by atoms with van der Waals surface area (Å²) in [4.78, 5) is 6.85. The second-order valence-corrected chi connectivity index (χ2v) is 4.82. The van der Waals surface area contributed by atoms with E-state index in [0.29, 0.717) is 0 Å². The van der Waals surface area contributed by atoms with Crippen LogP contribution in [0.15, 0.2) is 18.5 Å². The van der Waals surface area contributed by atoms with Gasteiger partial charge in [-0.05, 0) is 19.1 Å². The van der Waals surface area contributed by atoms with E-state index in [2.05, 4.69) is 34.5 Å². The van der Waals surface area contributed by atoms with E-state index in [1.54, 1.807) is 11.0 Å². The minimum atomic E-state index is 0.720. The molecule has 2 rings (SSSR count). The van der Waals surface area contributed by atoms with Crippen LogP contribution in [0.4, 0.5) is 0 Å². The number of aromatic nitrogens is 3. The maximum Gasteiger partial charge on any atom is 0.164 e. The van der Waals surface area contributed by atoms with Gasteiger partial charge in [-0.2, -0.15) is 5.10 Å². The van der Waals surface area contributed by atoms with Crippen molar-refractivity contribution in [2.75, 3.05) is 0 Å². The van der Waals surface area contributed by atoms with E-state index in [4.69, 9.17) is 0 Å². The molecule has 0 amide bonds. The summed E-state index contributed by atoms with van der Waals surface area (Å²) in [5.41, 5.74) is 0. The third kappa shape index (κ3) is 2.87. The van der Waals surface area contributed by atoms with Gasteiger partial charge in [-0.1, -0.05) is 0 Å². The molecule has 4 nitrogen and oxygen atoms in total. The molecule has 0 aromatic carbocycles. The van der Waals surface area contributed by atoms with Gasteiger partial charge in [0.05, 0.1) is 6.54 Å². The minimum absolute atomic E-state index is 0.720. The molecule has 15 heavy (non-hydrogen) atoms. The molecular weight excluding hydrogens is 208 g/mol. The van der Waals surface area contributed by atoms with Crippen LogP contribution in [0.25, 0.3) is 0 Å². The molecule has 0 atom stereocenters. The van der Waals surface area contributed by atoms with E-state index in [-0.39, 0.29) is 0 Å². The van der Waals surface area contributed by atoms with Gasteiger partial charge in [0.1, 0.15) is 6.33 Å². The van der Waals surface area contributed by atoms with E-state index in [1.807, 2.05) is 18.4 Å². The maximum absolute atomic E-state index is 4.19. The van der Waals surface area contributed by atoms with Crippen molar-refractivity contribution in [2.24, 2.45) is 7.05 Å². The molecule has 0 bridgehead atoms. The Kier molecular flexibility index (Phi) is 3.13.